The number of nitrogens with zero attached hydrogens (tertiary/aromatic N) is 4. The van der Waals surface area contributed by atoms with Crippen LogP contribution in [-0.2, 0) is 10.9 Å². The molecule has 2 N–H and O–H groups in total. The molecule has 2 aromatic carbocycles. The molecule has 216 valence electrons. The van der Waals surface area contributed by atoms with E-state index in [0.717, 1.165) is 38.2 Å². The lowest BCUT2D eigenvalue weighted by Gasteiger charge is -2.34. The highest BCUT2D eigenvalue weighted by molar-refractivity contribution is 6.09. The van der Waals surface area contributed by atoms with Crippen LogP contribution in [0.25, 0.3) is 0 Å². The second-order valence-corrected chi connectivity index (χ2v) is 9.25. The van der Waals surface area contributed by atoms with Crippen LogP contribution in [0.3, 0.4) is 0 Å². The van der Waals surface area contributed by atoms with Crippen molar-refractivity contribution in [1.29, 1.82) is 0 Å². The quantitative estimate of drug-likeness (QED) is 0.478. The summed E-state index contributed by atoms with van der Waals surface area (Å²) in [4.78, 5) is 25.4. The number of ether oxygens (including phenoxy) is 1. The van der Waals surface area contributed by atoms with Crippen molar-refractivity contribution in [3.63, 3.8) is 0 Å². The molecule has 0 aromatic heterocycles. The van der Waals surface area contributed by atoms with Gasteiger partial charge in [-0.2, -0.15) is 31.3 Å². The molecule has 40 heavy (non-hydrogen) atoms. The van der Waals surface area contributed by atoms with E-state index in [0.29, 0.717) is 24.2 Å². The zero-order valence-electron chi connectivity index (χ0n) is 21.5. The van der Waals surface area contributed by atoms with E-state index in [1.165, 1.54) is 12.1 Å². The van der Waals surface area contributed by atoms with Crippen molar-refractivity contribution in [3.8, 4) is 0 Å². The molecule has 1 saturated heterocycles. The minimum atomic E-state index is -4.66. The second kappa shape index (κ2) is 12.1. The minimum absolute atomic E-state index is 0.00473. The maximum Gasteiger partial charge on any atom is 0.422 e. The summed E-state index contributed by atoms with van der Waals surface area (Å²) in [6, 6.07) is 10.1. The lowest BCUT2D eigenvalue weighted by molar-refractivity contribution is -0.156. The molecule has 0 radical (unpaired) electrons. The Bertz CT molecular complexity index is 1250. The lowest BCUT2D eigenvalue weighted by Crippen LogP contribution is -2.48. The van der Waals surface area contributed by atoms with Crippen molar-refractivity contribution in [1.82, 2.24) is 15.1 Å². The number of carbonyl (C=O) groups is 1. The van der Waals surface area contributed by atoms with Crippen LogP contribution in [0.5, 0.6) is 0 Å². The van der Waals surface area contributed by atoms with Crippen LogP contribution < -0.4 is 10.6 Å². The van der Waals surface area contributed by atoms with Gasteiger partial charge in [-0.25, -0.2) is 4.99 Å². The van der Waals surface area contributed by atoms with Gasteiger partial charge in [0.05, 0.1) is 5.56 Å². The highest BCUT2D eigenvalue weighted by Crippen LogP contribution is 2.31. The van der Waals surface area contributed by atoms with Gasteiger partial charge in [0.25, 0.3) is 11.9 Å². The number of anilines is 1. The van der Waals surface area contributed by atoms with Crippen LogP contribution >= 0.6 is 0 Å². The Hall–Kier alpha value is -3.81. The number of hydrogen-bond donors (Lipinski definition) is 2. The van der Waals surface area contributed by atoms with Gasteiger partial charge >= 0.3 is 12.4 Å². The van der Waals surface area contributed by atoms with Crippen molar-refractivity contribution >= 4 is 23.5 Å². The van der Waals surface area contributed by atoms with E-state index in [2.05, 4.69) is 32.4 Å². The first-order chi connectivity index (χ1) is 18.9. The largest absolute Gasteiger partial charge is 0.455 e. The van der Waals surface area contributed by atoms with E-state index in [9.17, 15) is 31.1 Å². The lowest BCUT2D eigenvalue weighted by atomic mass is 10.1. The van der Waals surface area contributed by atoms with Crippen LogP contribution in [0.15, 0.2) is 58.5 Å². The number of amidine groups is 2. The van der Waals surface area contributed by atoms with Crippen molar-refractivity contribution in [2.24, 2.45) is 9.98 Å². The van der Waals surface area contributed by atoms with Gasteiger partial charge < -0.3 is 15.0 Å². The van der Waals surface area contributed by atoms with Crippen molar-refractivity contribution < 1.29 is 35.9 Å². The third kappa shape index (κ3) is 7.87. The van der Waals surface area contributed by atoms with E-state index in [1.807, 2.05) is 0 Å². The molecule has 1 atom stereocenters. The summed E-state index contributed by atoms with van der Waals surface area (Å²) in [6.45, 7) is 4.04. The molecule has 8 nitrogen and oxygen atoms in total. The summed E-state index contributed by atoms with van der Waals surface area (Å²) in [5.74, 6) is -0.172. The summed E-state index contributed by atoms with van der Waals surface area (Å²) in [5.41, 5.74) is -0.215. The molecule has 0 saturated carbocycles. The fourth-order valence-electron chi connectivity index (χ4n) is 4.27. The van der Waals surface area contributed by atoms with Gasteiger partial charge in [0.15, 0.2) is 6.61 Å². The summed E-state index contributed by atoms with van der Waals surface area (Å²) in [5, 5.41) is 5.25. The fraction of sp³-hybridized carbons (Fsp3) is 0.423. The van der Waals surface area contributed by atoms with Crippen molar-refractivity contribution in [2.45, 2.75) is 32.0 Å². The normalized spacial score (nSPS) is 18.5. The fourth-order valence-corrected chi connectivity index (χ4v) is 4.27. The number of piperazine rings is 1. The molecule has 2 aromatic rings. The Balaban J connectivity index is 1.56. The van der Waals surface area contributed by atoms with Gasteiger partial charge in [-0.05, 0) is 43.3 Å². The number of amides is 1. The average Bonchev–Trinajstić information content (AvgIpc) is 2.91. The highest BCUT2D eigenvalue weighted by Gasteiger charge is 2.32. The number of halogens is 6. The molecule has 14 heteroatoms. The second-order valence-electron chi connectivity index (χ2n) is 9.25. The first-order valence-corrected chi connectivity index (χ1v) is 12.6. The Morgan fingerprint density at radius 1 is 1.02 bits per heavy atom. The Kier molecular flexibility index (Phi) is 8.86. The van der Waals surface area contributed by atoms with Gasteiger partial charge in [0.2, 0.25) is 6.29 Å². The van der Waals surface area contributed by atoms with Gasteiger partial charge in [-0.1, -0.05) is 25.1 Å². The Morgan fingerprint density at radius 2 is 1.75 bits per heavy atom. The molecule has 0 aliphatic carbocycles. The molecule has 1 amide bonds. The zero-order chi connectivity index (χ0) is 28.9. The first-order valence-electron chi connectivity index (χ1n) is 12.6. The number of alkyl halides is 6. The smallest absolute Gasteiger partial charge is 0.422 e. The van der Waals surface area contributed by atoms with Crippen LogP contribution in [0.4, 0.5) is 32.0 Å². The van der Waals surface area contributed by atoms with Gasteiger partial charge in [0, 0.05) is 43.0 Å². The maximum absolute atomic E-state index is 13.2. The third-order valence-electron chi connectivity index (χ3n) is 6.16. The van der Waals surface area contributed by atoms with E-state index in [4.69, 9.17) is 4.74 Å². The van der Waals surface area contributed by atoms with Gasteiger partial charge in [-0.3, -0.25) is 15.0 Å². The molecule has 4 rings (SSSR count). The van der Waals surface area contributed by atoms with Crippen molar-refractivity contribution in [2.75, 3.05) is 44.6 Å². The number of hydrogen-bond acceptors (Lipinski definition) is 7. The molecular weight excluding hydrogens is 542 g/mol. The molecular formula is C26H28F6N6O2. The molecule has 1 fully saturated rings. The monoisotopic (exact) mass is 570 g/mol. The summed E-state index contributed by atoms with van der Waals surface area (Å²) in [7, 11) is 0. The van der Waals surface area contributed by atoms with Crippen LogP contribution in [0.1, 0.15) is 34.8 Å². The number of aliphatic imine (C=N–C) groups is 2. The summed E-state index contributed by atoms with van der Waals surface area (Å²) in [6.07, 6.45) is -9.54. The summed E-state index contributed by atoms with van der Waals surface area (Å²) < 4.78 is 82.6. The van der Waals surface area contributed by atoms with Gasteiger partial charge in [-0.15, -0.1) is 0 Å². The SMILES string of the molecule is CCCN1CCN(C(=O)c2cccc(C3=NC(Nc4cccc(C(F)(F)F)c4)N=C(OCC(F)(F)F)N3)c2)CC1. The number of benzene rings is 2. The molecule has 0 spiro atoms. The zero-order valence-corrected chi connectivity index (χ0v) is 21.5. The molecule has 1 unspecified atom stereocenters. The van der Waals surface area contributed by atoms with Crippen LogP contribution in [0, 0.1) is 0 Å². The van der Waals surface area contributed by atoms with E-state index >= 15 is 0 Å². The molecule has 0 bridgehead atoms. The van der Waals surface area contributed by atoms with E-state index in [-0.39, 0.29) is 17.4 Å². The maximum atomic E-state index is 13.2. The predicted molar refractivity (Wildman–Crippen MR) is 137 cm³/mol. The number of nitrogens with one attached hydrogen (secondary N) is 2. The molecule has 2 heterocycles. The first kappa shape index (κ1) is 29.2. The molecule has 2 aliphatic heterocycles. The predicted octanol–water partition coefficient (Wildman–Crippen LogP) is 4.55. The Morgan fingerprint density at radius 3 is 2.42 bits per heavy atom. The summed E-state index contributed by atoms with van der Waals surface area (Å²) >= 11 is 0. The van der Waals surface area contributed by atoms with Crippen LogP contribution in [0.2, 0.25) is 0 Å². The number of rotatable bonds is 7. The number of carbonyl (C=O) groups excluding carboxylic acids is 1. The Labute approximate surface area is 226 Å². The van der Waals surface area contributed by atoms with Crippen LogP contribution in [-0.4, -0.2) is 79.4 Å². The standard InChI is InChI=1S/C26H28F6N6O2/c1-2-9-37-10-12-38(13-11-37)22(39)18-6-3-5-17(14-18)21-34-23(36-24(35-21)40-16-25(27,28)29)33-20-8-4-7-19(15-20)26(30,31)32/h3-8,14-15,23,33H,2,9-13,16H2,1H3,(H,34,35,36). The molecule has 2 aliphatic rings. The van der Waals surface area contributed by atoms with Crippen molar-refractivity contribution in [3.05, 3.63) is 65.2 Å². The highest BCUT2D eigenvalue weighted by atomic mass is 19.4. The third-order valence-corrected chi connectivity index (χ3v) is 6.16. The van der Waals surface area contributed by atoms with E-state index in [1.54, 1.807) is 29.2 Å². The average molecular weight is 571 g/mol. The van der Waals surface area contributed by atoms with Gasteiger partial charge in [0.1, 0.15) is 5.84 Å². The van der Waals surface area contributed by atoms with E-state index < -0.39 is 36.8 Å². The topological polar surface area (TPSA) is 81.6 Å². The minimum Gasteiger partial charge on any atom is -0.455 e.